The summed E-state index contributed by atoms with van der Waals surface area (Å²) in [5, 5.41) is 10.9. The van der Waals surface area contributed by atoms with Gasteiger partial charge in [-0.25, -0.2) is 0 Å². The van der Waals surface area contributed by atoms with E-state index in [9.17, 15) is 14.4 Å². The number of hydrogen-bond donors (Lipinski definition) is 2. The van der Waals surface area contributed by atoms with Crippen molar-refractivity contribution in [2.75, 3.05) is 6.54 Å². The number of nitrogens with one attached hydrogen (secondary N) is 1. The van der Waals surface area contributed by atoms with Crippen molar-refractivity contribution in [3.63, 3.8) is 0 Å². The molecule has 0 spiro atoms. The second kappa shape index (κ2) is 6.74. The minimum absolute atomic E-state index is 0.00598. The fraction of sp³-hybridized carbons (Fsp3) is 0.625. The lowest BCUT2D eigenvalue weighted by atomic mass is 10.3. The van der Waals surface area contributed by atoms with Crippen LogP contribution in [-0.4, -0.2) is 33.2 Å². The predicted octanol–water partition coefficient (Wildman–Crippen LogP) is 0.360. The highest BCUT2D eigenvalue weighted by Crippen LogP contribution is 2.05. The molecule has 80 valence electrons. The van der Waals surface area contributed by atoms with Gasteiger partial charge in [-0.3, -0.25) is 14.4 Å². The van der Waals surface area contributed by atoms with Gasteiger partial charge in [-0.1, -0.05) is 22.6 Å². The summed E-state index contributed by atoms with van der Waals surface area (Å²) in [5.74, 6) is -1.35. The van der Waals surface area contributed by atoms with Crippen molar-refractivity contribution >= 4 is 40.3 Å². The molecule has 0 fully saturated rings. The Bertz CT molecular complexity index is 241. The molecule has 0 heterocycles. The number of hydrogen-bond acceptors (Lipinski definition) is 3. The summed E-state index contributed by atoms with van der Waals surface area (Å²) >= 11 is 1.76. The number of carbonyl (C=O) groups is 3. The number of Topliss-reactive ketones (excluding diaryl/α,β-unsaturated/α-hetero) is 1. The number of carboxylic acids is 1. The Kier molecular flexibility index (Phi) is 6.43. The number of halogens is 1. The summed E-state index contributed by atoms with van der Waals surface area (Å²) in [6, 6.07) is 0. The van der Waals surface area contributed by atoms with Gasteiger partial charge in [-0.2, -0.15) is 0 Å². The maximum atomic E-state index is 11.2. The molecule has 1 atom stereocenters. The molecule has 0 aliphatic carbocycles. The first-order chi connectivity index (χ1) is 6.43. The Morgan fingerprint density at radius 1 is 1.43 bits per heavy atom. The molecule has 0 rings (SSSR count). The van der Waals surface area contributed by atoms with Gasteiger partial charge >= 0.3 is 5.97 Å². The molecule has 0 radical (unpaired) electrons. The largest absolute Gasteiger partial charge is 0.481 e. The monoisotopic (exact) mass is 313 g/mol. The van der Waals surface area contributed by atoms with Crippen LogP contribution in [0, 0.1) is 0 Å². The number of aliphatic carboxylic acids is 1. The number of alkyl halides is 1. The van der Waals surface area contributed by atoms with Crippen LogP contribution in [0.15, 0.2) is 0 Å². The second-order valence-corrected chi connectivity index (χ2v) is 4.31. The predicted molar refractivity (Wildman–Crippen MR) is 58.4 cm³/mol. The van der Waals surface area contributed by atoms with E-state index in [1.54, 1.807) is 22.6 Å². The Labute approximate surface area is 95.4 Å². The van der Waals surface area contributed by atoms with Crippen molar-refractivity contribution < 1.29 is 19.5 Å². The lowest BCUT2D eigenvalue weighted by molar-refractivity contribution is -0.138. The maximum Gasteiger partial charge on any atom is 0.304 e. The second-order valence-electron chi connectivity index (χ2n) is 2.81. The molecule has 0 saturated carbocycles. The third kappa shape index (κ3) is 6.81. The summed E-state index contributed by atoms with van der Waals surface area (Å²) in [4.78, 5) is 31.9. The minimum atomic E-state index is -1.01. The fourth-order valence-corrected chi connectivity index (χ4v) is 1.32. The van der Waals surface area contributed by atoms with Crippen molar-refractivity contribution in [1.29, 1.82) is 0 Å². The molecule has 1 unspecified atom stereocenters. The van der Waals surface area contributed by atoms with Crippen molar-refractivity contribution in [2.45, 2.75) is 23.7 Å². The summed E-state index contributed by atoms with van der Waals surface area (Å²) in [7, 11) is 0. The van der Waals surface area contributed by atoms with E-state index in [-0.39, 0.29) is 31.1 Å². The van der Waals surface area contributed by atoms with Crippen LogP contribution < -0.4 is 5.32 Å². The van der Waals surface area contributed by atoms with Gasteiger partial charge in [0.05, 0.1) is 6.42 Å². The van der Waals surface area contributed by atoms with Gasteiger partial charge in [-0.15, -0.1) is 0 Å². The van der Waals surface area contributed by atoms with Crippen molar-refractivity contribution in [3.05, 3.63) is 0 Å². The minimum Gasteiger partial charge on any atom is -0.481 e. The van der Waals surface area contributed by atoms with E-state index in [2.05, 4.69) is 5.32 Å². The normalized spacial score (nSPS) is 11.9. The van der Waals surface area contributed by atoms with Gasteiger partial charge in [-0.05, 0) is 6.92 Å². The topological polar surface area (TPSA) is 83.5 Å². The lowest BCUT2D eigenvalue weighted by Gasteiger charge is -2.07. The summed E-state index contributed by atoms with van der Waals surface area (Å²) in [5.41, 5.74) is 0. The van der Waals surface area contributed by atoms with Crippen LogP contribution in [0.1, 0.15) is 19.8 Å². The van der Waals surface area contributed by atoms with Gasteiger partial charge < -0.3 is 10.4 Å². The molecule has 0 aromatic heterocycles. The smallest absolute Gasteiger partial charge is 0.304 e. The Hall–Kier alpha value is -0.660. The summed E-state index contributed by atoms with van der Waals surface area (Å²) in [6.07, 6.45) is 0.0780. The molecule has 0 saturated heterocycles. The van der Waals surface area contributed by atoms with Gasteiger partial charge in [0.25, 0.3) is 0 Å². The highest BCUT2D eigenvalue weighted by atomic mass is 127. The summed E-state index contributed by atoms with van der Waals surface area (Å²) < 4.78 is -0.586. The van der Waals surface area contributed by atoms with Gasteiger partial charge in [0, 0.05) is 13.0 Å². The van der Waals surface area contributed by atoms with Crippen LogP contribution in [0.25, 0.3) is 0 Å². The van der Waals surface area contributed by atoms with E-state index in [4.69, 9.17) is 5.11 Å². The van der Waals surface area contributed by atoms with Gasteiger partial charge in [0.15, 0.2) is 0 Å². The molecular formula is C8H12INO4. The standard InChI is InChI=1S/C8H12INO4/c1-5(11)2-3-10-8(14)6(9)4-7(12)13/h6H,2-4H2,1H3,(H,10,14)(H,12,13). The number of rotatable bonds is 6. The highest BCUT2D eigenvalue weighted by Gasteiger charge is 2.17. The number of amides is 1. The molecule has 14 heavy (non-hydrogen) atoms. The Morgan fingerprint density at radius 2 is 2.00 bits per heavy atom. The molecule has 0 aliphatic heterocycles. The van der Waals surface area contributed by atoms with Crippen LogP contribution in [0.2, 0.25) is 0 Å². The summed E-state index contributed by atoms with van der Waals surface area (Å²) in [6.45, 7) is 1.71. The number of carbonyl (C=O) groups excluding carboxylic acids is 2. The van der Waals surface area contributed by atoms with Crippen LogP contribution in [0.5, 0.6) is 0 Å². The van der Waals surface area contributed by atoms with Crippen LogP contribution in [0.3, 0.4) is 0 Å². The van der Waals surface area contributed by atoms with Crippen LogP contribution in [-0.2, 0) is 14.4 Å². The van der Waals surface area contributed by atoms with E-state index in [1.165, 1.54) is 6.92 Å². The molecule has 0 aromatic carbocycles. The van der Waals surface area contributed by atoms with E-state index in [0.29, 0.717) is 0 Å². The Morgan fingerprint density at radius 3 is 2.43 bits per heavy atom. The zero-order chi connectivity index (χ0) is 11.1. The van der Waals surface area contributed by atoms with Crippen molar-refractivity contribution in [1.82, 2.24) is 5.32 Å². The van der Waals surface area contributed by atoms with E-state index in [1.807, 2.05) is 0 Å². The molecule has 5 nitrogen and oxygen atoms in total. The zero-order valence-electron chi connectivity index (χ0n) is 7.75. The molecule has 6 heteroatoms. The highest BCUT2D eigenvalue weighted by molar-refractivity contribution is 14.1. The molecule has 1 amide bonds. The Balaban J connectivity index is 3.73. The van der Waals surface area contributed by atoms with Crippen LogP contribution >= 0.6 is 22.6 Å². The van der Waals surface area contributed by atoms with Crippen molar-refractivity contribution in [3.8, 4) is 0 Å². The quantitative estimate of drug-likeness (QED) is 0.548. The zero-order valence-corrected chi connectivity index (χ0v) is 9.91. The molecule has 0 aliphatic rings. The third-order valence-corrected chi connectivity index (χ3v) is 2.42. The first kappa shape index (κ1) is 13.3. The molecular weight excluding hydrogens is 301 g/mol. The number of carboxylic acid groups (broad SMARTS) is 1. The molecule has 0 bridgehead atoms. The maximum absolute atomic E-state index is 11.2. The third-order valence-electron chi connectivity index (χ3n) is 1.41. The average molecular weight is 313 g/mol. The van der Waals surface area contributed by atoms with Crippen molar-refractivity contribution in [2.24, 2.45) is 0 Å². The first-order valence-electron chi connectivity index (χ1n) is 4.06. The van der Waals surface area contributed by atoms with E-state index < -0.39 is 9.89 Å². The average Bonchev–Trinajstić information content (AvgIpc) is 2.01. The molecule has 0 aromatic rings. The SMILES string of the molecule is CC(=O)CCNC(=O)C(I)CC(=O)O. The molecule has 2 N–H and O–H groups in total. The van der Waals surface area contributed by atoms with E-state index in [0.717, 1.165) is 0 Å². The van der Waals surface area contributed by atoms with E-state index >= 15 is 0 Å². The first-order valence-corrected chi connectivity index (χ1v) is 5.31. The number of ketones is 1. The van der Waals surface area contributed by atoms with Gasteiger partial charge in [0.1, 0.15) is 9.71 Å². The van der Waals surface area contributed by atoms with Crippen LogP contribution in [0.4, 0.5) is 0 Å². The lowest BCUT2D eigenvalue weighted by Crippen LogP contribution is -2.33. The van der Waals surface area contributed by atoms with Gasteiger partial charge in [0.2, 0.25) is 5.91 Å². The fourth-order valence-electron chi connectivity index (χ4n) is 0.718.